The molecular formula is C11H12N4O2. The van der Waals surface area contributed by atoms with Crippen molar-refractivity contribution in [2.24, 2.45) is 5.73 Å². The summed E-state index contributed by atoms with van der Waals surface area (Å²) >= 11 is 0. The van der Waals surface area contributed by atoms with Crippen LogP contribution in [0.25, 0.3) is 0 Å². The molecule has 2 rings (SSSR count). The Morgan fingerprint density at radius 3 is 3.06 bits per heavy atom. The molecule has 2 heterocycles. The first-order chi connectivity index (χ1) is 8.05. The molecule has 6 heteroatoms. The third-order valence-corrected chi connectivity index (χ3v) is 2.93. The van der Waals surface area contributed by atoms with Gasteiger partial charge in [-0.25, -0.2) is 4.98 Å². The van der Waals surface area contributed by atoms with Gasteiger partial charge in [-0.3, -0.25) is 4.79 Å². The number of carbonyl (C=O) groups is 1. The molecule has 1 unspecified atom stereocenters. The lowest BCUT2D eigenvalue weighted by atomic mass is 10.0. The molecule has 1 atom stereocenters. The van der Waals surface area contributed by atoms with Crippen molar-refractivity contribution in [3.63, 3.8) is 0 Å². The second kappa shape index (κ2) is 4.03. The Bertz CT molecular complexity index is 496. The minimum Gasteiger partial charge on any atom is -0.480 e. The van der Waals surface area contributed by atoms with Crippen LogP contribution in [-0.2, 0) is 4.79 Å². The van der Waals surface area contributed by atoms with Crippen LogP contribution in [0.4, 0.5) is 5.82 Å². The molecule has 88 valence electrons. The summed E-state index contributed by atoms with van der Waals surface area (Å²) < 4.78 is 0. The van der Waals surface area contributed by atoms with E-state index < -0.39 is 11.5 Å². The van der Waals surface area contributed by atoms with Crippen LogP contribution < -0.4 is 10.6 Å². The molecule has 3 N–H and O–H groups in total. The van der Waals surface area contributed by atoms with E-state index in [4.69, 9.17) is 16.1 Å². The number of carboxylic acid groups (broad SMARTS) is 1. The van der Waals surface area contributed by atoms with Crippen molar-refractivity contribution >= 4 is 11.8 Å². The zero-order valence-electron chi connectivity index (χ0n) is 9.13. The zero-order valence-corrected chi connectivity index (χ0v) is 9.13. The van der Waals surface area contributed by atoms with Gasteiger partial charge in [-0.15, -0.1) is 0 Å². The summed E-state index contributed by atoms with van der Waals surface area (Å²) in [6, 6.07) is 5.26. The van der Waals surface area contributed by atoms with E-state index in [0.29, 0.717) is 24.3 Å². The molecule has 1 aliphatic rings. The zero-order chi connectivity index (χ0) is 12.5. The summed E-state index contributed by atoms with van der Waals surface area (Å²) in [5, 5.41) is 17.8. The van der Waals surface area contributed by atoms with Gasteiger partial charge in [-0.05, 0) is 18.6 Å². The van der Waals surface area contributed by atoms with Crippen molar-refractivity contribution in [3.8, 4) is 6.07 Å². The van der Waals surface area contributed by atoms with E-state index in [-0.39, 0.29) is 6.54 Å². The molecule has 6 nitrogen and oxygen atoms in total. The molecule has 1 fully saturated rings. The van der Waals surface area contributed by atoms with Crippen molar-refractivity contribution in [3.05, 3.63) is 23.9 Å². The van der Waals surface area contributed by atoms with Crippen molar-refractivity contribution < 1.29 is 9.90 Å². The molecule has 0 spiro atoms. The van der Waals surface area contributed by atoms with E-state index >= 15 is 0 Å². The van der Waals surface area contributed by atoms with Gasteiger partial charge in [0.1, 0.15) is 11.4 Å². The summed E-state index contributed by atoms with van der Waals surface area (Å²) in [7, 11) is 0. The number of aliphatic carboxylic acids is 1. The molecule has 0 saturated carbocycles. The van der Waals surface area contributed by atoms with Crippen LogP contribution in [0.1, 0.15) is 12.0 Å². The van der Waals surface area contributed by atoms with Gasteiger partial charge in [0.2, 0.25) is 0 Å². The van der Waals surface area contributed by atoms with Gasteiger partial charge < -0.3 is 15.7 Å². The maximum atomic E-state index is 11.0. The van der Waals surface area contributed by atoms with E-state index in [1.54, 1.807) is 17.0 Å². The van der Waals surface area contributed by atoms with Gasteiger partial charge in [0.25, 0.3) is 0 Å². The third-order valence-electron chi connectivity index (χ3n) is 2.93. The molecular weight excluding hydrogens is 220 g/mol. The van der Waals surface area contributed by atoms with E-state index in [1.165, 1.54) is 6.20 Å². The Morgan fingerprint density at radius 2 is 2.47 bits per heavy atom. The summed E-state index contributed by atoms with van der Waals surface area (Å²) in [4.78, 5) is 16.9. The highest BCUT2D eigenvalue weighted by Gasteiger charge is 2.41. The Labute approximate surface area is 98.3 Å². The quantitative estimate of drug-likeness (QED) is 0.740. The maximum absolute atomic E-state index is 11.0. The van der Waals surface area contributed by atoms with Crippen molar-refractivity contribution in [2.45, 2.75) is 12.0 Å². The maximum Gasteiger partial charge on any atom is 0.325 e. The number of hydrogen-bond donors (Lipinski definition) is 2. The predicted octanol–water partition coefficient (Wildman–Crippen LogP) is -0.0545. The fraction of sp³-hybridized carbons (Fsp3) is 0.364. The molecule has 0 aromatic carbocycles. The van der Waals surface area contributed by atoms with Crippen LogP contribution in [0.3, 0.4) is 0 Å². The average Bonchev–Trinajstić information content (AvgIpc) is 2.74. The first-order valence-corrected chi connectivity index (χ1v) is 5.18. The Morgan fingerprint density at radius 1 is 1.71 bits per heavy atom. The van der Waals surface area contributed by atoms with E-state index in [2.05, 4.69) is 4.98 Å². The first-order valence-electron chi connectivity index (χ1n) is 5.18. The highest BCUT2D eigenvalue weighted by molar-refractivity contribution is 5.80. The number of pyridine rings is 1. The van der Waals surface area contributed by atoms with Gasteiger partial charge in [0.05, 0.1) is 11.6 Å². The third kappa shape index (κ3) is 2.05. The number of hydrogen-bond acceptors (Lipinski definition) is 5. The molecule has 0 radical (unpaired) electrons. The number of anilines is 1. The van der Waals surface area contributed by atoms with Gasteiger partial charge in [0, 0.05) is 19.3 Å². The lowest BCUT2D eigenvalue weighted by molar-refractivity contribution is -0.142. The number of aromatic nitrogens is 1. The van der Waals surface area contributed by atoms with Gasteiger partial charge in [-0.1, -0.05) is 0 Å². The number of carboxylic acids is 1. The monoisotopic (exact) mass is 232 g/mol. The van der Waals surface area contributed by atoms with Crippen molar-refractivity contribution in [1.29, 1.82) is 5.26 Å². The minimum absolute atomic E-state index is 0.213. The van der Waals surface area contributed by atoms with Gasteiger partial charge in [0.15, 0.2) is 0 Å². The number of nitrogens with zero attached hydrogens (tertiary/aromatic N) is 3. The first kappa shape index (κ1) is 11.4. The van der Waals surface area contributed by atoms with Crippen LogP contribution in [0, 0.1) is 11.3 Å². The average molecular weight is 232 g/mol. The van der Waals surface area contributed by atoms with E-state index in [1.807, 2.05) is 6.07 Å². The number of rotatable bonds is 2. The second-order valence-corrected chi connectivity index (χ2v) is 4.15. The predicted molar refractivity (Wildman–Crippen MR) is 60.3 cm³/mol. The lowest BCUT2D eigenvalue weighted by Crippen LogP contribution is -2.50. The molecule has 1 aromatic heterocycles. The number of nitrogens with two attached hydrogens (primary N) is 1. The van der Waals surface area contributed by atoms with E-state index in [9.17, 15) is 4.79 Å². The Hall–Kier alpha value is -2.13. The number of nitriles is 1. The minimum atomic E-state index is -1.22. The highest BCUT2D eigenvalue weighted by atomic mass is 16.4. The smallest absolute Gasteiger partial charge is 0.325 e. The highest BCUT2D eigenvalue weighted by Crippen LogP contribution is 2.24. The normalized spacial score (nSPS) is 23.4. The van der Waals surface area contributed by atoms with Gasteiger partial charge in [-0.2, -0.15) is 5.26 Å². The van der Waals surface area contributed by atoms with Crippen LogP contribution in [0.2, 0.25) is 0 Å². The lowest BCUT2D eigenvalue weighted by Gasteiger charge is -2.20. The SMILES string of the molecule is N#Cc1ccnc(N2CCC(N)(C(=O)O)C2)c1. The van der Waals surface area contributed by atoms with Gasteiger partial charge >= 0.3 is 5.97 Å². The van der Waals surface area contributed by atoms with Crippen LogP contribution >= 0.6 is 0 Å². The molecule has 1 aromatic rings. The standard InChI is InChI=1S/C11H12N4O2/c12-6-8-1-3-14-9(5-8)15-4-2-11(13,7-15)10(16)17/h1,3,5H,2,4,7,13H2,(H,16,17). The molecule has 0 bridgehead atoms. The van der Waals surface area contributed by atoms with Crippen LogP contribution in [0.5, 0.6) is 0 Å². The topological polar surface area (TPSA) is 103 Å². The molecule has 1 saturated heterocycles. The Balaban J connectivity index is 2.21. The Kier molecular flexibility index (Phi) is 2.69. The van der Waals surface area contributed by atoms with Crippen LogP contribution in [-0.4, -0.2) is 34.7 Å². The molecule has 0 aliphatic carbocycles. The summed E-state index contributed by atoms with van der Waals surface area (Å²) in [6.07, 6.45) is 1.91. The van der Waals surface area contributed by atoms with Crippen molar-refractivity contribution in [1.82, 2.24) is 4.98 Å². The second-order valence-electron chi connectivity index (χ2n) is 4.15. The van der Waals surface area contributed by atoms with Crippen LogP contribution in [0.15, 0.2) is 18.3 Å². The summed E-state index contributed by atoms with van der Waals surface area (Å²) in [5.74, 6) is -0.408. The van der Waals surface area contributed by atoms with Crippen molar-refractivity contribution in [2.75, 3.05) is 18.0 Å². The molecule has 1 aliphatic heterocycles. The largest absolute Gasteiger partial charge is 0.480 e. The molecule has 0 amide bonds. The fourth-order valence-electron chi connectivity index (χ4n) is 1.86. The molecule has 17 heavy (non-hydrogen) atoms. The summed E-state index contributed by atoms with van der Waals surface area (Å²) in [6.45, 7) is 0.745. The van der Waals surface area contributed by atoms with E-state index in [0.717, 1.165) is 0 Å². The summed E-state index contributed by atoms with van der Waals surface area (Å²) in [5.41, 5.74) is 5.05. The fourth-order valence-corrected chi connectivity index (χ4v) is 1.86.